The number of nitriles is 1. The third kappa shape index (κ3) is 5.25. The Kier molecular flexibility index (Phi) is 6.99. The SMILES string of the molecule is CCC=CC1CCC(c2ccc(C(F)(F)Oc3cc(F)c(C#N)c(F)c3)cc2)C(F)C1. The van der Waals surface area contributed by atoms with E-state index in [0.717, 1.165) is 25.0 Å². The van der Waals surface area contributed by atoms with Crippen molar-refractivity contribution in [1.29, 1.82) is 5.26 Å². The van der Waals surface area contributed by atoms with Crippen LogP contribution in [-0.4, -0.2) is 6.17 Å². The highest BCUT2D eigenvalue weighted by atomic mass is 19.3. The summed E-state index contributed by atoms with van der Waals surface area (Å²) >= 11 is 0. The molecule has 1 aliphatic carbocycles. The second kappa shape index (κ2) is 9.51. The molecule has 0 aromatic heterocycles. The van der Waals surface area contributed by atoms with Gasteiger partial charge in [0.15, 0.2) is 0 Å². The predicted molar refractivity (Wildman–Crippen MR) is 106 cm³/mol. The summed E-state index contributed by atoms with van der Waals surface area (Å²) in [5.41, 5.74) is -0.780. The Hall–Kier alpha value is -2.88. The van der Waals surface area contributed by atoms with E-state index in [4.69, 9.17) is 5.26 Å². The number of allylic oxidation sites excluding steroid dienone is 2. The number of nitrogens with zero attached hydrogens (tertiary/aromatic N) is 1. The van der Waals surface area contributed by atoms with Gasteiger partial charge in [-0.15, -0.1) is 0 Å². The first kappa shape index (κ1) is 22.8. The van der Waals surface area contributed by atoms with Crippen LogP contribution in [0.15, 0.2) is 48.6 Å². The summed E-state index contributed by atoms with van der Waals surface area (Å²) in [4.78, 5) is 0. The van der Waals surface area contributed by atoms with Crippen LogP contribution in [-0.2, 0) is 6.11 Å². The average Bonchev–Trinajstić information content (AvgIpc) is 2.72. The Labute approximate surface area is 178 Å². The molecule has 2 nitrogen and oxygen atoms in total. The van der Waals surface area contributed by atoms with Crippen LogP contribution in [0.3, 0.4) is 0 Å². The Morgan fingerprint density at radius 3 is 2.32 bits per heavy atom. The summed E-state index contributed by atoms with van der Waals surface area (Å²) in [5.74, 6) is -3.50. The van der Waals surface area contributed by atoms with Crippen molar-refractivity contribution in [2.45, 2.75) is 50.8 Å². The minimum absolute atomic E-state index is 0.191. The predicted octanol–water partition coefficient (Wildman–Crippen LogP) is 7.15. The molecule has 31 heavy (non-hydrogen) atoms. The molecule has 0 heterocycles. The molecule has 7 heteroatoms. The largest absolute Gasteiger partial charge is 0.429 e. The molecule has 0 saturated heterocycles. The Morgan fingerprint density at radius 1 is 1.13 bits per heavy atom. The van der Waals surface area contributed by atoms with Gasteiger partial charge in [-0.3, -0.25) is 0 Å². The van der Waals surface area contributed by atoms with Crippen molar-refractivity contribution in [1.82, 2.24) is 0 Å². The highest BCUT2D eigenvalue weighted by Crippen LogP contribution is 2.40. The number of hydrogen-bond donors (Lipinski definition) is 0. The monoisotopic (exact) mass is 435 g/mol. The molecule has 0 amide bonds. The van der Waals surface area contributed by atoms with Gasteiger partial charge in [-0.2, -0.15) is 14.0 Å². The van der Waals surface area contributed by atoms with E-state index < -0.39 is 40.8 Å². The molecule has 0 N–H and O–H groups in total. The maximum Gasteiger partial charge on any atom is 0.426 e. The molecule has 0 aliphatic heterocycles. The van der Waals surface area contributed by atoms with Gasteiger partial charge in [-0.05, 0) is 49.3 Å². The van der Waals surface area contributed by atoms with Crippen molar-refractivity contribution in [3.63, 3.8) is 0 Å². The van der Waals surface area contributed by atoms with E-state index in [-0.39, 0.29) is 11.8 Å². The van der Waals surface area contributed by atoms with E-state index >= 15 is 0 Å². The lowest BCUT2D eigenvalue weighted by Crippen LogP contribution is -2.25. The maximum absolute atomic E-state index is 14.7. The minimum atomic E-state index is -3.87. The van der Waals surface area contributed by atoms with E-state index in [0.29, 0.717) is 30.5 Å². The topological polar surface area (TPSA) is 33.0 Å². The number of alkyl halides is 3. The van der Waals surface area contributed by atoms with Crippen molar-refractivity contribution in [3.8, 4) is 11.8 Å². The quantitative estimate of drug-likeness (QED) is 0.356. The molecular weight excluding hydrogens is 413 g/mol. The van der Waals surface area contributed by atoms with Crippen LogP contribution >= 0.6 is 0 Å². The fourth-order valence-corrected chi connectivity index (χ4v) is 3.87. The number of ether oxygens (including phenoxy) is 1. The molecule has 164 valence electrons. The van der Waals surface area contributed by atoms with Gasteiger partial charge in [-0.1, -0.05) is 31.2 Å². The third-order valence-electron chi connectivity index (χ3n) is 5.51. The smallest absolute Gasteiger partial charge is 0.426 e. The highest BCUT2D eigenvalue weighted by molar-refractivity contribution is 5.38. The normalized spacial score (nSPS) is 21.8. The summed E-state index contributed by atoms with van der Waals surface area (Å²) in [7, 11) is 0. The van der Waals surface area contributed by atoms with Crippen molar-refractivity contribution < 1.29 is 26.7 Å². The van der Waals surface area contributed by atoms with E-state index in [2.05, 4.69) is 4.74 Å². The molecule has 2 aromatic carbocycles. The van der Waals surface area contributed by atoms with Crippen LogP contribution < -0.4 is 4.74 Å². The van der Waals surface area contributed by atoms with Gasteiger partial charge in [0.1, 0.15) is 35.2 Å². The molecule has 0 spiro atoms. The molecule has 1 fully saturated rings. The Bertz CT molecular complexity index is 957. The zero-order valence-corrected chi connectivity index (χ0v) is 16.9. The van der Waals surface area contributed by atoms with Crippen molar-refractivity contribution in [3.05, 3.63) is 76.9 Å². The second-order valence-electron chi connectivity index (χ2n) is 7.65. The van der Waals surface area contributed by atoms with Crippen molar-refractivity contribution >= 4 is 0 Å². The van der Waals surface area contributed by atoms with E-state index in [1.807, 2.05) is 19.1 Å². The van der Waals surface area contributed by atoms with Crippen LogP contribution in [0.5, 0.6) is 5.75 Å². The molecule has 2 aromatic rings. The van der Waals surface area contributed by atoms with Gasteiger partial charge in [-0.25, -0.2) is 13.2 Å². The van der Waals surface area contributed by atoms with Crippen LogP contribution in [0.25, 0.3) is 0 Å². The maximum atomic E-state index is 14.7. The second-order valence-corrected chi connectivity index (χ2v) is 7.65. The van der Waals surface area contributed by atoms with E-state index in [9.17, 15) is 22.0 Å². The zero-order valence-electron chi connectivity index (χ0n) is 16.9. The number of hydrogen-bond acceptors (Lipinski definition) is 2. The van der Waals surface area contributed by atoms with Gasteiger partial charge < -0.3 is 4.74 Å². The van der Waals surface area contributed by atoms with Crippen molar-refractivity contribution in [2.75, 3.05) is 0 Å². The van der Waals surface area contributed by atoms with E-state index in [1.165, 1.54) is 18.2 Å². The average molecular weight is 435 g/mol. The fraction of sp³-hybridized carbons (Fsp3) is 0.375. The first-order chi connectivity index (χ1) is 14.7. The Balaban J connectivity index is 1.72. The summed E-state index contributed by atoms with van der Waals surface area (Å²) in [6, 6.07) is 7.50. The summed E-state index contributed by atoms with van der Waals surface area (Å²) in [5, 5.41) is 8.66. The molecule has 0 radical (unpaired) electrons. The van der Waals surface area contributed by atoms with Gasteiger partial charge in [0, 0.05) is 18.1 Å². The number of halogens is 5. The molecule has 1 saturated carbocycles. The fourth-order valence-electron chi connectivity index (χ4n) is 3.87. The third-order valence-corrected chi connectivity index (χ3v) is 5.51. The van der Waals surface area contributed by atoms with Crippen LogP contribution in [0.2, 0.25) is 0 Å². The van der Waals surface area contributed by atoms with Crippen LogP contribution in [0.4, 0.5) is 22.0 Å². The first-order valence-corrected chi connectivity index (χ1v) is 10.1. The minimum Gasteiger partial charge on any atom is -0.429 e. The first-order valence-electron chi connectivity index (χ1n) is 10.1. The molecule has 0 bridgehead atoms. The van der Waals surface area contributed by atoms with Crippen LogP contribution in [0, 0.1) is 28.9 Å². The summed E-state index contributed by atoms with van der Waals surface area (Å²) in [6.07, 6.45) is 1.89. The van der Waals surface area contributed by atoms with Crippen LogP contribution in [0.1, 0.15) is 55.2 Å². The summed E-state index contributed by atoms with van der Waals surface area (Å²) < 4.78 is 75.5. The van der Waals surface area contributed by atoms with Crippen molar-refractivity contribution in [2.24, 2.45) is 5.92 Å². The molecular formula is C24H22F5NO. The lowest BCUT2D eigenvalue weighted by Gasteiger charge is -2.31. The standard InChI is InChI=1S/C24H22F5NO/c1-2-3-4-15-5-10-19(21(25)11-15)16-6-8-17(9-7-16)24(28,29)31-18-12-22(26)20(14-30)23(27)13-18/h3-4,6-9,12-13,15,19,21H,2,5,10-11H2,1H3. The molecule has 3 rings (SSSR count). The van der Waals surface area contributed by atoms with Gasteiger partial charge in [0.05, 0.1) is 5.56 Å². The Morgan fingerprint density at radius 2 is 1.77 bits per heavy atom. The van der Waals surface area contributed by atoms with E-state index in [1.54, 1.807) is 0 Å². The zero-order chi connectivity index (χ0) is 22.6. The van der Waals surface area contributed by atoms with Gasteiger partial charge in [0.25, 0.3) is 0 Å². The lowest BCUT2D eigenvalue weighted by molar-refractivity contribution is -0.185. The molecule has 1 aliphatic rings. The molecule has 3 atom stereocenters. The highest BCUT2D eigenvalue weighted by Gasteiger charge is 2.36. The molecule has 3 unspecified atom stereocenters. The van der Waals surface area contributed by atoms with Gasteiger partial charge in [0.2, 0.25) is 0 Å². The lowest BCUT2D eigenvalue weighted by atomic mass is 9.77. The number of benzene rings is 2. The number of rotatable bonds is 6. The summed E-state index contributed by atoms with van der Waals surface area (Å²) in [6.45, 7) is 2.02. The van der Waals surface area contributed by atoms with Gasteiger partial charge >= 0.3 is 6.11 Å².